The van der Waals surface area contributed by atoms with Crippen molar-refractivity contribution < 1.29 is 9.59 Å². The molecular formula is C62H66BrCl2N15O4S2Sn. The van der Waals surface area contributed by atoms with E-state index in [1.165, 1.54) is 66.0 Å². The summed E-state index contributed by atoms with van der Waals surface area (Å²) in [6.45, 7) is 13.5. The van der Waals surface area contributed by atoms with Gasteiger partial charge in [0.1, 0.15) is 16.0 Å². The Bertz CT molecular complexity index is 4110. The number of halogens is 3. The van der Waals surface area contributed by atoms with Crippen LogP contribution in [0.25, 0.3) is 44.3 Å². The van der Waals surface area contributed by atoms with Gasteiger partial charge in [0.2, 0.25) is 0 Å². The molecule has 6 heterocycles. The third-order valence-electron chi connectivity index (χ3n) is 13.6. The number of nitrogen functional groups attached to an aromatic ring is 2. The molecule has 0 saturated carbocycles. The fraction of sp³-hybridized carbons (Fsp3) is 0.258. The molecule has 0 spiro atoms. The van der Waals surface area contributed by atoms with Crippen LogP contribution in [0.15, 0.2) is 161 Å². The van der Waals surface area contributed by atoms with E-state index in [2.05, 4.69) is 91.3 Å². The molecule has 0 fully saturated rings. The summed E-state index contributed by atoms with van der Waals surface area (Å²) in [6.07, 6.45) is 10.2. The van der Waals surface area contributed by atoms with Crippen molar-refractivity contribution in [3.63, 3.8) is 0 Å². The summed E-state index contributed by atoms with van der Waals surface area (Å²) in [5.74, 6) is -1.01. The molecular weight excluding hydrogens is 1350 g/mol. The van der Waals surface area contributed by atoms with Gasteiger partial charge in [-0.05, 0) is 89.1 Å². The molecule has 0 radical (unpaired) electrons. The summed E-state index contributed by atoms with van der Waals surface area (Å²) < 4.78 is 12.4. The first kappa shape index (κ1) is 65.8. The van der Waals surface area contributed by atoms with E-state index in [9.17, 15) is 19.2 Å². The van der Waals surface area contributed by atoms with Crippen LogP contribution < -0.4 is 42.4 Å². The predicted octanol–water partition coefficient (Wildman–Crippen LogP) is 12.2. The molecule has 450 valence electrons. The molecule has 10 rings (SSSR count). The first-order valence-corrected chi connectivity index (χ1v) is 35.7. The molecule has 19 nitrogen and oxygen atoms in total. The van der Waals surface area contributed by atoms with Gasteiger partial charge in [-0.2, -0.15) is 0 Å². The van der Waals surface area contributed by atoms with Crippen LogP contribution in [0.1, 0.15) is 118 Å². The zero-order valence-corrected chi connectivity index (χ0v) is 56.2. The number of pyridine rings is 2. The molecule has 0 aliphatic rings. The average molecular weight is 1420 g/mol. The fourth-order valence-corrected chi connectivity index (χ4v) is 17.9. The zero-order chi connectivity index (χ0) is 62.0. The van der Waals surface area contributed by atoms with Gasteiger partial charge in [-0.15, -0.1) is 11.3 Å². The normalized spacial score (nSPS) is 12.0. The topological polar surface area (TPSA) is 259 Å². The molecule has 0 saturated heterocycles. The van der Waals surface area contributed by atoms with Gasteiger partial charge >= 0.3 is 142 Å². The number of aromatic nitrogens is 8. The molecule has 0 bridgehead atoms. The van der Waals surface area contributed by atoms with Gasteiger partial charge in [0.05, 0.1) is 50.8 Å². The summed E-state index contributed by atoms with van der Waals surface area (Å²) in [4.78, 5) is 78.4. The number of hydrogen-bond acceptors (Lipinski definition) is 16. The van der Waals surface area contributed by atoms with Crippen LogP contribution in [-0.4, -0.2) is 93.6 Å². The van der Waals surface area contributed by atoms with Gasteiger partial charge in [-0.3, -0.25) is 28.3 Å². The second kappa shape index (κ2) is 32.2. The Kier molecular flexibility index (Phi) is 24.3. The number of unbranched alkanes of at least 4 members (excludes halogenated alkanes) is 3. The Balaban J connectivity index is 0.000000175. The van der Waals surface area contributed by atoms with Crippen LogP contribution in [0.4, 0.5) is 11.6 Å². The number of rotatable bonds is 21. The number of carbonyl (C=O) groups is 2. The molecule has 0 aliphatic carbocycles. The Labute approximate surface area is 537 Å². The molecule has 87 heavy (non-hydrogen) atoms. The van der Waals surface area contributed by atoms with E-state index in [1.807, 2.05) is 95.8 Å². The van der Waals surface area contributed by atoms with Crippen LogP contribution in [0.2, 0.25) is 10.0 Å². The van der Waals surface area contributed by atoms with E-state index in [0.717, 1.165) is 19.6 Å². The molecule has 25 heteroatoms. The smallest absolute Gasteiger partial charge is 0.274 e. The number of thiazole rings is 2. The zero-order valence-electron chi connectivity index (χ0n) is 48.6. The number of hydrazine groups is 1. The summed E-state index contributed by atoms with van der Waals surface area (Å²) in [7, 11) is 0. The van der Waals surface area contributed by atoms with Crippen molar-refractivity contribution in [1.29, 1.82) is 0 Å². The fourth-order valence-electron chi connectivity index (χ4n) is 9.19. The van der Waals surface area contributed by atoms with Gasteiger partial charge in [-0.1, -0.05) is 83.9 Å². The Hall–Kier alpha value is -7.16. The third kappa shape index (κ3) is 16.7. The van der Waals surface area contributed by atoms with Crippen molar-refractivity contribution in [2.24, 2.45) is 3.15 Å². The van der Waals surface area contributed by atoms with Gasteiger partial charge in [-0.25, -0.2) is 24.9 Å². The number of fused-ring (bicyclic) bond motifs is 2. The third-order valence-corrected chi connectivity index (χ3v) is 22.5. The Morgan fingerprint density at radius 2 is 1.17 bits per heavy atom. The van der Waals surface area contributed by atoms with Crippen molar-refractivity contribution in [1.82, 2.24) is 58.3 Å². The van der Waals surface area contributed by atoms with Crippen LogP contribution >= 0.6 is 61.8 Å². The minimum atomic E-state index is -2.17. The Morgan fingerprint density at radius 1 is 0.655 bits per heavy atom. The maximum Gasteiger partial charge on any atom is 0.274 e. The predicted molar refractivity (Wildman–Crippen MR) is 357 cm³/mol. The van der Waals surface area contributed by atoms with Crippen LogP contribution in [-0.2, 0) is 0 Å². The number of para-hydroxylation sites is 2. The van der Waals surface area contributed by atoms with E-state index in [-0.39, 0.29) is 34.1 Å². The minimum absolute atomic E-state index is 0.000535. The van der Waals surface area contributed by atoms with Crippen LogP contribution in [0.3, 0.4) is 0 Å². The molecule has 0 aliphatic heterocycles. The molecule has 2 amide bonds. The van der Waals surface area contributed by atoms with Crippen molar-refractivity contribution in [3.8, 4) is 22.8 Å². The van der Waals surface area contributed by atoms with Gasteiger partial charge in [0.15, 0.2) is 23.0 Å². The van der Waals surface area contributed by atoms with Gasteiger partial charge in [0.25, 0.3) is 22.9 Å². The number of nitrogens with two attached hydrogens (primary N) is 2. The van der Waals surface area contributed by atoms with Crippen LogP contribution in [0, 0.1) is 0 Å². The van der Waals surface area contributed by atoms with Crippen molar-refractivity contribution in [2.45, 2.75) is 85.2 Å². The maximum atomic E-state index is 13.6. The standard InChI is InChI=1S/C25H19ClN6O2S.C22H17BrClN5O2.C8H19N2.C4H9N.C3H2NS.Sn/c1-14(30-24(33)22-23(27)28-11-18(31-22)19-12-35-13-29-19)20-10-15-6-5-9-17(26)21(15)25(34)32(20)16-7-3-2-4-8-16;1-12(27-21(30)19-20(25)26-11-17(23)28-19)16-10-13-6-5-9-15(24)18(13)22(31)29(16)14-7-3-2-4-8-14;1-3-5-7-9-10-8-6-4-2;1-2-3-4-5;1-2-5-3-4-1;/h2-14H,1H3,(H2,27,28)(H,30,33);2-12H,1H3,(H2,25,26)(H,27,30);9H,3-8H2,1-2H3;2-4H2,1H3;2-3H;/q;;-1;;;+1/t14-;12-;;;;/m00..../s1. The number of hydrogen-bond donors (Lipinski definition) is 5. The van der Waals surface area contributed by atoms with Crippen molar-refractivity contribution >= 4 is 130 Å². The van der Waals surface area contributed by atoms with E-state index in [1.54, 1.807) is 64.1 Å². The van der Waals surface area contributed by atoms with E-state index < -0.39 is 43.8 Å². The van der Waals surface area contributed by atoms with E-state index in [0.29, 0.717) is 70.3 Å². The number of benzene rings is 4. The molecule has 10 aromatic rings. The Morgan fingerprint density at radius 3 is 1.68 bits per heavy atom. The second-order valence-electron chi connectivity index (χ2n) is 19.9. The number of carbonyl (C=O) groups excluding carboxylic acids is 2. The monoisotopic (exact) mass is 1420 g/mol. The van der Waals surface area contributed by atoms with Gasteiger partial charge in [0, 0.05) is 28.1 Å². The maximum absolute atomic E-state index is 13.6. The minimum Gasteiger partial charge on any atom is -0.382 e. The first-order chi connectivity index (χ1) is 42.1. The van der Waals surface area contributed by atoms with Crippen molar-refractivity contribution in [2.75, 3.05) is 31.1 Å². The first-order valence-electron chi connectivity index (χ1n) is 28.3. The SMILES string of the molecule is CCCC[N]=[Sn]([c]1cscn1)[N](CCCC)NCCCC.C[C@H](NC(=O)c1nc(-c2cscn2)cnc1N)c1cc2cccc(Cl)c2c(=O)n1-c1ccccc1.C[C@H](NC(=O)c1nc(Br)cnc1N)c1cc2cccc(Cl)c2c(=O)n1-c1ccccc1. The molecule has 7 N–H and O–H groups in total. The number of nitrogens with zero attached hydrogens (tertiary/aromatic N) is 10. The summed E-state index contributed by atoms with van der Waals surface area (Å²) >= 11 is 16.8. The molecule has 6 aromatic heterocycles. The number of anilines is 2. The van der Waals surface area contributed by atoms with E-state index >= 15 is 0 Å². The second-order valence-corrected chi connectivity index (χ2v) is 28.7. The van der Waals surface area contributed by atoms with Gasteiger partial charge < -0.3 is 22.1 Å². The van der Waals surface area contributed by atoms with Crippen LogP contribution in [0.5, 0.6) is 0 Å². The summed E-state index contributed by atoms with van der Waals surface area (Å²) in [5, 5.41) is 12.7. The average Bonchev–Trinajstić information content (AvgIpc) is 1.34. The largest absolute Gasteiger partial charge is 0.382 e. The number of amides is 2. The molecule has 2 atom stereocenters. The van der Waals surface area contributed by atoms with Crippen molar-refractivity contribution in [3.05, 3.63) is 202 Å². The number of nitrogens with one attached hydrogen (secondary N) is 3. The summed E-state index contributed by atoms with van der Waals surface area (Å²) in [5.41, 5.74) is 22.0. The van der Waals surface area contributed by atoms with E-state index in [4.69, 9.17) is 37.8 Å². The summed E-state index contributed by atoms with van der Waals surface area (Å²) in [6, 6.07) is 31.5. The molecule has 0 unspecified atom stereocenters. The molecule has 4 aromatic carbocycles. The quantitative estimate of drug-likeness (QED) is 0.0255.